The molecule has 1 fully saturated rings. The van der Waals surface area contributed by atoms with Crippen molar-refractivity contribution in [1.29, 1.82) is 0 Å². The molecule has 0 aromatic heterocycles. The zero-order chi connectivity index (χ0) is 11.1. The highest BCUT2D eigenvalue weighted by Crippen LogP contribution is 2.41. The predicted molar refractivity (Wildman–Crippen MR) is 58.2 cm³/mol. The molecule has 0 amide bonds. The van der Waals surface area contributed by atoms with Gasteiger partial charge in [0.1, 0.15) is 12.7 Å². The molecule has 1 aliphatic rings. The Balaban J connectivity index is 2.78. The quantitative estimate of drug-likeness (QED) is 0.504. The number of hydrogen-bond donors (Lipinski definition) is 0. The van der Waals surface area contributed by atoms with Crippen LogP contribution in [0.25, 0.3) is 0 Å². The van der Waals surface area contributed by atoms with E-state index in [1.165, 1.54) is 0 Å². The minimum atomic E-state index is -0.306. The molecule has 1 aliphatic heterocycles. The molecule has 0 bridgehead atoms. The van der Waals surface area contributed by atoms with Crippen molar-refractivity contribution in [2.45, 2.75) is 58.8 Å². The highest BCUT2D eigenvalue weighted by atomic mass is 16.9. The minimum absolute atomic E-state index is 0.0907. The summed E-state index contributed by atoms with van der Waals surface area (Å²) >= 11 is 0. The van der Waals surface area contributed by atoms with Crippen LogP contribution >= 0.6 is 0 Å². The molecular weight excluding hydrogens is 179 g/mol. The van der Waals surface area contributed by atoms with Gasteiger partial charge < -0.3 is 13.6 Å². The van der Waals surface area contributed by atoms with Gasteiger partial charge in [0.2, 0.25) is 0 Å². The van der Waals surface area contributed by atoms with E-state index in [1.807, 2.05) is 21.0 Å². The summed E-state index contributed by atoms with van der Waals surface area (Å²) in [6, 6.07) is 0. The molecule has 0 aromatic carbocycles. The van der Waals surface area contributed by atoms with Gasteiger partial charge in [-0.3, -0.25) is 0 Å². The highest BCUT2D eigenvalue weighted by Gasteiger charge is 2.65. The van der Waals surface area contributed by atoms with Crippen LogP contribution in [0.1, 0.15) is 41.5 Å². The van der Waals surface area contributed by atoms with Crippen LogP contribution in [0.3, 0.4) is 0 Å². The molecule has 0 unspecified atom stereocenters. The van der Waals surface area contributed by atoms with E-state index in [2.05, 4.69) is 32.0 Å². The molecule has 4 heteroatoms. The third kappa shape index (κ3) is 1.83. The van der Waals surface area contributed by atoms with E-state index in [0.717, 1.165) is 0 Å². The van der Waals surface area contributed by atoms with Crippen LogP contribution in [0.2, 0.25) is 0 Å². The summed E-state index contributed by atoms with van der Waals surface area (Å²) in [5.41, 5.74) is -0.307. The van der Waals surface area contributed by atoms with Crippen molar-refractivity contribution in [3.63, 3.8) is 0 Å². The largest absolute Gasteiger partial charge is 0.892 e. The Morgan fingerprint density at radius 3 is 2.00 bits per heavy atom. The Morgan fingerprint density at radius 1 is 1.21 bits per heavy atom. The normalized spacial score (nSPS) is 26.1. The van der Waals surface area contributed by atoms with Crippen LogP contribution in [0, 0.1) is 0 Å². The van der Waals surface area contributed by atoms with Crippen LogP contribution in [0.15, 0.2) is 0 Å². The Hall–Kier alpha value is -0.0551. The topological polar surface area (TPSA) is 21.2 Å². The van der Waals surface area contributed by atoms with Crippen molar-refractivity contribution in [1.82, 2.24) is 0 Å². The van der Waals surface area contributed by atoms with Gasteiger partial charge in [0.25, 0.3) is 0 Å². The maximum atomic E-state index is 5.85. The lowest BCUT2D eigenvalue weighted by Gasteiger charge is -2.33. The lowest BCUT2D eigenvalue weighted by molar-refractivity contribution is -0.120. The summed E-state index contributed by atoms with van der Waals surface area (Å²) < 4.78 is 14.5. The molecule has 1 rings (SSSR count). The summed E-state index contributed by atoms with van der Waals surface area (Å²) in [5.74, 6) is 0. The fourth-order valence-corrected chi connectivity index (χ4v) is 1.42. The van der Waals surface area contributed by atoms with Gasteiger partial charge in [-0.1, -0.05) is 0 Å². The number of hydrogen-bond acceptors (Lipinski definition) is 2. The SMILES string of the molecule is CC(C)OB1OC(C)(C)C(C)(C)[O+]1C. The molecule has 0 radical (unpaired) electrons. The summed E-state index contributed by atoms with van der Waals surface area (Å²) in [7, 11) is 1.65. The summed E-state index contributed by atoms with van der Waals surface area (Å²) in [4.78, 5) is 0. The van der Waals surface area contributed by atoms with E-state index < -0.39 is 0 Å². The minimum Gasteiger partial charge on any atom is -0.472 e. The van der Waals surface area contributed by atoms with Crippen molar-refractivity contribution in [3.8, 4) is 0 Å². The van der Waals surface area contributed by atoms with E-state index in [9.17, 15) is 0 Å². The first-order chi connectivity index (χ1) is 6.18. The fourth-order valence-electron chi connectivity index (χ4n) is 1.42. The molecule has 0 atom stereocenters. The average molecular weight is 201 g/mol. The van der Waals surface area contributed by atoms with Gasteiger partial charge in [0.15, 0.2) is 5.60 Å². The van der Waals surface area contributed by atoms with E-state index in [0.29, 0.717) is 0 Å². The summed E-state index contributed by atoms with van der Waals surface area (Å²) in [6.07, 6.45) is 0.166. The van der Waals surface area contributed by atoms with Gasteiger partial charge in [-0.2, -0.15) is 0 Å². The van der Waals surface area contributed by atoms with Gasteiger partial charge in [-0.05, 0) is 27.7 Å². The zero-order valence-corrected chi connectivity index (χ0v) is 10.4. The first-order valence-electron chi connectivity index (χ1n) is 5.16. The molecule has 0 aliphatic carbocycles. The van der Waals surface area contributed by atoms with Crippen molar-refractivity contribution >= 4 is 7.32 Å². The van der Waals surface area contributed by atoms with E-state index >= 15 is 0 Å². The van der Waals surface area contributed by atoms with Gasteiger partial charge in [-0.15, -0.1) is 0 Å². The maximum Gasteiger partial charge on any atom is 0.892 e. The Morgan fingerprint density at radius 2 is 1.71 bits per heavy atom. The lowest BCUT2D eigenvalue weighted by atomic mass is 9.90. The molecule has 0 aromatic rings. The average Bonchev–Trinajstić information content (AvgIpc) is 2.11. The monoisotopic (exact) mass is 201 g/mol. The van der Waals surface area contributed by atoms with E-state index in [-0.39, 0.29) is 24.6 Å². The first-order valence-corrected chi connectivity index (χ1v) is 5.16. The van der Waals surface area contributed by atoms with Crippen LogP contribution in [0.5, 0.6) is 0 Å². The second-order valence-electron chi connectivity index (χ2n) is 5.17. The summed E-state index contributed by atoms with van der Waals surface area (Å²) in [6.45, 7) is 12.5. The van der Waals surface area contributed by atoms with E-state index in [4.69, 9.17) is 9.31 Å². The molecule has 1 heterocycles. The van der Waals surface area contributed by atoms with Crippen LogP contribution in [0.4, 0.5) is 0 Å². The van der Waals surface area contributed by atoms with Crippen LogP contribution in [-0.4, -0.2) is 31.7 Å². The zero-order valence-electron chi connectivity index (χ0n) is 10.4. The second-order valence-corrected chi connectivity index (χ2v) is 5.17. The molecule has 0 saturated carbocycles. The van der Waals surface area contributed by atoms with Crippen molar-refractivity contribution < 1.29 is 13.6 Å². The standard InChI is InChI=1S/C10H22BO3/c1-8(2)12-11-13-9(3,4)10(5,6)14(11)7/h8H,1-7H3/q+1. The third-order valence-corrected chi connectivity index (χ3v) is 3.32. The smallest absolute Gasteiger partial charge is 0.472 e. The molecule has 0 N–H and O–H groups in total. The predicted octanol–water partition coefficient (Wildman–Crippen LogP) is 2.17. The van der Waals surface area contributed by atoms with Gasteiger partial charge in [0.05, 0.1) is 0 Å². The highest BCUT2D eigenvalue weighted by molar-refractivity contribution is 6.38. The summed E-state index contributed by atoms with van der Waals surface area (Å²) in [5, 5.41) is 0. The Bertz CT molecular complexity index is 213. The fraction of sp³-hybridized carbons (Fsp3) is 1.00. The Labute approximate surface area is 87.6 Å². The van der Waals surface area contributed by atoms with Crippen molar-refractivity contribution in [3.05, 3.63) is 0 Å². The first kappa shape index (κ1) is 12.0. The van der Waals surface area contributed by atoms with Gasteiger partial charge in [0, 0.05) is 20.0 Å². The van der Waals surface area contributed by atoms with Gasteiger partial charge in [-0.25, -0.2) is 0 Å². The van der Waals surface area contributed by atoms with Crippen molar-refractivity contribution in [2.24, 2.45) is 0 Å². The third-order valence-electron chi connectivity index (χ3n) is 3.32. The molecule has 82 valence electrons. The second kappa shape index (κ2) is 3.51. The number of rotatable bonds is 2. The van der Waals surface area contributed by atoms with Crippen LogP contribution < -0.4 is 0 Å². The maximum absolute atomic E-state index is 5.85. The van der Waals surface area contributed by atoms with Gasteiger partial charge >= 0.3 is 7.32 Å². The lowest BCUT2D eigenvalue weighted by Crippen LogP contribution is -2.46. The molecular formula is C10H22BO3+. The molecule has 0 spiro atoms. The van der Waals surface area contributed by atoms with Crippen molar-refractivity contribution in [2.75, 3.05) is 7.11 Å². The molecule has 1 saturated heterocycles. The molecule has 3 nitrogen and oxygen atoms in total. The Kier molecular flexibility index (Phi) is 3.01. The van der Waals surface area contributed by atoms with Crippen LogP contribution in [-0.2, 0) is 13.6 Å². The van der Waals surface area contributed by atoms with E-state index in [1.54, 1.807) is 0 Å². The molecule has 14 heavy (non-hydrogen) atoms.